The highest BCUT2D eigenvalue weighted by Crippen LogP contribution is 2.47. The topological polar surface area (TPSA) is 37.3 Å². The fourth-order valence-corrected chi connectivity index (χ4v) is 3.70. The van der Waals surface area contributed by atoms with Crippen LogP contribution in [0.1, 0.15) is 104 Å². The Labute approximate surface area is 150 Å². The Morgan fingerprint density at radius 2 is 1.50 bits per heavy atom. The average molecular weight is 337 g/mol. The van der Waals surface area contributed by atoms with E-state index in [0.29, 0.717) is 11.8 Å². The van der Waals surface area contributed by atoms with Crippen molar-refractivity contribution in [1.82, 2.24) is 0 Å². The smallest absolute Gasteiger partial charge is 0.306 e. The first-order chi connectivity index (χ1) is 11.7. The number of hydrogen-bond donors (Lipinski definition) is 1. The van der Waals surface area contributed by atoms with Gasteiger partial charge in [0.15, 0.2) is 0 Å². The number of carboxylic acid groups (broad SMARTS) is 1. The van der Waals surface area contributed by atoms with Crippen LogP contribution < -0.4 is 0 Å². The largest absolute Gasteiger partial charge is 0.481 e. The van der Waals surface area contributed by atoms with Crippen molar-refractivity contribution < 1.29 is 9.90 Å². The number of rotatable bonds is 16. The average Bonchev–Trinajstić information content (AvgIpc) is 3.33. The van der Waals surface area contributed by atoms with E-state index in [-0.39, 0.29) is 5.92 Å². The fraction of sp³-hybridized carbons (Fsp3) is 0.864. The molecule has 0 radical (unpaired) electrons. The fourth-order valence-electron chi connectivity index (χ4n) is 3.70. The van der Waals surface area contributed by atoms with Gasteiger partial charge in [-0.05, 0) is 43.9 Å². The van der Waals surface area contributed by atoms with E-state index in [4.69, 9.17) is 5.11 Å². The molecule has 0 heterocycles. The Morgan fingerprint density at radius 3 is 2.08 bits per heavy atom. The van der Waals surface area contributed by atoms with Crippen molar-refractivity contribution in [2.45, 2.75) is 104 Å². The number of aliphatic carboxylic acids is 1. The van der Waals surface area contributed by atoms with Crippen molar-refractivity contribution in [3.8, 4) is 0 Å². The molecular formula is C22H40O2. The number of hydrogen-bond acceptors (Lipinski definition) is 1. The van der Waals surface area contributed by atoms with Crippen molar-refractivity contribution in [3.05, 3.63) is 12.2 Å². The Bertz CT molecular complexity index is 348. The lowest BCUT2D eigenvalue weighted by molar-refractivity contribution is -0.141. The number of unbranched alkanes of at least 4 members (excludes halogenated alkanes) is 10. The molecule has 0 saturated heterocycles. The molecule has 0 aromatic rings. The maximum absolute atomic E-state index is 10.9. The van der Waals surface area contributed by atoms with Crippen LogP contribution in [-0.2, 0) is 4.79 Å². The minimum Gasteiger partial charge on any atom is -0.481 e. The highest BCUT2D eigenvalue weighted by atomic mass is 16.4. The second-order valence-corrected chi connectivity index (χ2v) is 7.81. The minimum absolute atomic E-state index is 0.130. The quantitative estimate of drug-likeness (QED) is 0.243. The Kier molecular flexibility index (Phi) is 12.0. The predicted octanol–water partition coefficient (Wildman–Crippen LogP) is 6.99. The SMILES string of the molecule is CCCCCCC=CCCCCCCCCC1CC1C(C)C(=O)O. The number of allylic oxidation sites excluding steroid dienone is 2. The summed E-state index contributed by atoms with van der Waals surface area (Å²) in [5.41, 5.74) is 0. The standard InChI is InChI=1S/C22H40O2/c1-3-4-5-6-7-8-9-10-11-12-13-14-15-16-17-20-18-21(20)19(2)22(23)24/h8-9,19-21H,3-7,10-18H2,1-2H3,(H,23,24). The summed E-state index contributed by atoms with van der Waals surface area (Å²) in [6.45, 7) is 4.13. The molecule has 1 fully saturated rings. The van der Waals surface area contributed by atoms with Crippen molar-refractivity contribution >= 4 is 5.97 Å². The van der Waals surface area contributed by atoms with Crippen LogP contribution in [0.25, 0.3) is 0 Å². The van der Waals surface area contributed by atoms with E-state index < -0.39 is 5.97 Å². The normalized spacial score (nSPS) is 21.2. The van der Waals surface area contributed by atoms with E-state index in [2.05, 4.69) is 19.1 Å². The van der Waals surface area contributed by atoms with Gasteiger partial charge in [-0.25, -0.2) is 0 Å². The molecule has 0 aromatic heterocycles. The summed E-state index contributed by atoms with van der Waals surface area (Å²) in [6.07, 6.45) is 23.2. The third-order valence-corrected chi connectivity index (χ3v) is 5.60. The van der Waals surface area contributed by atoms with Gasteiger partial charge in [-0.2, -0.15) is 0 Å². The van der Waals surface area contributed by atoms with Crippen LogP contribution in [0.5, 0.6) is 0 Å². The molecule has 1 aliphatic carbocycles. The van der Waals surface area contributed by atoms with Crippen LogP contribution in [-0.4, -0.2) is 11.1 Å². The van der Waals surface area contributed by atoms with Gasteiger partial charge in [-0.15, -0.1) is 0 Å². The molecule has 0 aromatic carbocycles. The number of carbonyl (C=O) groups is 1. The first-order valence-corrected chi connectivity index (χ1v) is 10.5. The molecule has 1 rings (SSSR count). The number of carboxylic acids is 1. The molecule has 0 aliphatic heterocycles. The van der Waals surface area contributed by atoms with Gasteiger partial charge in [0.1, 0.15) is 0 Å². The van der Waals surface area contributed by atoms with Gasteiger partial charge in [0.2, 0.25) is 0 Å². The maximum Gasteiger partial charge on any atom is 0.306 e. The molecule has 24 heavy (non-hydrogen) atoms. The van der Waals surface area contributed by atoms with Gasteiger partial charge < -0.3 is 5.11 Å². The van der Waals surface area contributed by atoms with Crippen LogP contribution in [0.15, 0.2) is 12.2 Å². The third kappa shape index (κ3) is 10.2. The van der Waals surface area contributed by atoms with E-state index in [9.17, 15) is 4.79 Å². The molecule has 1 N–H and O–H groups in total. The Hall–Kier alpha value is -0.790. The summed E-state index contributed by atoms with van der Waals surface area (Å²) in [7, 11) is 0. The van der Waals surface area contributed by atoms with Crippen LogP contribution in [0.4, 0.5) is 0 Å². The van der Waals surface area contributed by atoms with Crippen LogP contribution in [0, 0.1) is 17.8 Å². The van der Waals surface area contributed by atoms with Crippen LogP contribution >= 0.6 is 0 Å². The second-order valence-electron chi connectivity index (χ2n) is 7.81. The van der Waals surface area contributed by atoms with Crippen molar-refractivity contribution in [2.24, 2.45) is 17.8 Å². The second kappa shape index (κ2) is 13.5. The van der Waals surface area contributed by atoms with Crippen molar-refractivity contribution in [1.29, 1.82) is 0 Å². The summed E-state index contributed by atoms with van der Waals surface area (Å²) in [6, 6.07) is 0. The van der Waals surface area contributed by atoms with Crippen LogP contribution in [0.2, 0.25) is 0 Å². The van der Waals surface area contributed by atoms with E-state index in [0.717, 1.165) is 6.42 Å². The lowest BCUT2D eigenvalue weighted by Gasteiger charge is -2.05. The van der Waals surface area contributed by atoms with Gasteiger partial charge in [-0.1, -0.05) is 83.8 Å². The zero-order chi connectivity index (χ0) is 17.6. The maximum atomic E-state index is 10.9. The highest BCUT2D eigenvalue weighted by Gasteiger charge is 2.42. The lowest BCUT2D eigenvalue weighted by Crippen LogP contribution is -2.12. The Morgan fingerprint density at radius 1 is 0.958 bits per heavy atom. The molecule has 140 valence electrons. The molecule has 0 spiro atoms. The summed E-state index contributed by atoms with van der Waals surface area (Å²) >= 11 is 0. The molecule has 2 nitrogen and oxygen atoms in total. The van der Waals surface area contributed by atoms with Crippen molar-refractivity contribution in [2.75, 3.05) is 0 Å². The monoisotopic (exact) mass is 336 g/mol. The predicted molar refractivity (Wildman–Crippen MR) is 103 cm³/mol. The third-order valence-electron chi connectivity index (χ3n) is 5.60. The first kappa shape index (κ1) is 21.3. The molecule has 3 unspecified atom stereocenters. The van der Waals surface area contributed by atoms with Gasteiger partial charge in [0.05, 0.1) is 5.92 Å². The van der Waals surface area contributed by atoms with Crippen molar-refractivity contribution in [3.63, 3.8) is 0 Å². The summed E-state index contributed by atoms with van der Waals surface area (Å²) < 4.78 is 0. The molecule has 3 atom stereocenters. The van der Waals surface area contributed by atoms with Gasteiger partial charge in [0.25, 0.3) is 0 Å². The molecule has 0 bridgehead atoms. The lowest BCUT2D eigenvalue weighted by atomic mass is 10.0. The van der Waals surface area contributed by atoms with Gasteiger partial charge >= 0.3 is 5.97 Å². The van der Waals surface area contributed by atoms with E-state index in [1.807, 2.05) is 6.92 Å². The van der Waals surface area contributed by atoms with Crippen LogP contribution in [0.3, 0.4) is 0 Å². The minimum atomic E-state index is -0.613. The molecule has 1 saturated carbocycles. The molecule has 2 heteroatoms. The Balaban J connectivity index is 1.79. The van der Waals surface area contributed by atoms with Gasteiger partial charge in [-0.3, -0.25) is 4.79 Å². The first-order valence-electron chi connectivity index (χ1n) is 10.5. The molecular weight excluding hydrogens is 296 g/mol. The molecule has 1 aliphatic rings. The highest BCUT2D eigenvalue weighted by molar-refractivity contribution is 5.70. The summed E-state index contributed by atoms with van der Waals surface area (Å²) in [5, 5.41) is 9.00. The van der Waals surface area contributed by atoms with E-state index in [1.54, 1.807) is 0 Å². The van der Waals surface area contributed by atoms with Gasteiger partial charge in [0, 0.05) is 0 Å². The van der Waals surface area contributed by atoms with E-state index in [1.165, 1.54) is 83.5 Å². The zero-order valence-electron chi connectivity index (χ0n) is 16.1. The zero-order valence-corrected chi connectivity index (χ0v) is 16.1. The molecule has 0 amide bonds. The van der Waals surface area contributed by atoms with E-state index >= 15 is 0 Å². The summed E-state index contributed by atoms with van der Waals surface area (Å²) in [4.78, 5) is 10.9. The summed E-state index contributed by atoms with van der Waals surface area (Å²) in [5.74, 6) is 0.432.